The van der Waals surface area contributed by atoms with Gasteiger partial charge in [0.1, 0.15) is 0 Å². The van der Waals surface area contributed by atoms with E-state index in [-0.39, 0.29) is 33.1 Å². The molecule has 0 aromatic heterocycles. The van der Waals surface area contributed by atoms with Crippen molar-refractivity contribution in [1.82, 2.24) is 0 Å². The minimum Gasteiger partial charge on any atom is -0.466 e. The molecule has 0 saturated heterocycles. The molecule has 0 rings (SSSR count). The first-order valence-electron chi connectivity index (χ1n) is 13.4. The fraction of sp³-hybridized carbons (Fsp3) is 0.923. The second-order valence-electron chi connectivity index (χ2n) is 7.65. The van der Waals surface area contributed by atoms with Gasteiger partial charge in [-0.25, -0.2) is 0 Å². The Kier molecular flexibility index (Phi) is 44.3. The molecule has 35 heavy (non-hydrogen) atoms. The molecule has 0 aromatic carbocycles. The molecule has 2 radical (unpaired) electrons. The molecule has 0 atom stereocenters. The van der Waals surface area contributed by atoms with Crippen molar-refractivity contribution in [3.8, 4) is 0 Å². The summed E-state index contributed by atoms with van der Waals surface area (Å²) in [6.45, 7) is 12.5. The van der Waals surface area contributed by atoms with Crippen molar-refractivity contribution in [3.63, 3.8) is 0 Å². The molecule has 0 fully saturated rings. The maximum Gasteiger partial charge on any atom is 0.306 e. The summed E-state index contributed by atoms with van der Waals surface area (Å²) in [5, 5.41) is 0. The number of unbranched alkanes of at least 4 members (excludes halogenated alkanes) is 4. The maximum atomic E-state index is 10.8. The Morgan fingerprint density at radius 3 is 1.29 bits per heavy atom. The number of thiol groups is 2. The fourth-order valence-corrected chi connectivity index (χ4v) is 6.85. The van der Waals surface area contributed by atoms with E-state index in [1.165, 1.54) is 25.7 Å². The van der Waals surface area contributed by atoms with E-state index in [2.05, 4.69) is 39.1 Å². The van der Waals surface area contributed by atoms with Crippen molar-refractivity contribution in [2.24, 2.45) is 0 Å². The summed E-state index contributed by atoms with van der Waals surface area (Å²) in [6, 6.07) is 0. The van der Waals surface area contributed by atoms with Crippen LogP contribution in [-0.2, 0) is 28.5 Å². The smallest absolute Gasteiger partial charge is 0.306 e. The third-order valence-corrected chi connectivity index (χ3v) is 8.83. The molecule has 0 aliphatic carbocycles. The van der Waals surface area contributed by atoms with E-state index in [0.29, 0.717) is 37.6 Å². The van der Waals surface area contributed by atoms with Crippen LogP contribution in [0.25, 0.3) is 0 Å². The van der Waals surface area contributed by atoms with Gasteiger partial charge in [-0.15, -0.1) is 0 Å². The van der Waals surface area contributed by atoms with Gasteiger partial charge in [0.05, 0.1) is 26.1 Å². The molecule has 0 spiro atoms. The van der Waals surface area contributed by atoms with E-state index < -0.39 is 0 Å². The molecule has 0 aromatic rings. The van der Waals surface area contributed by atoms with Gasteiger partial charge in [0.2, 0.25) is 0 Å². The summed E-state index contributed by atoms with van der Waals surface area (Å²) >= 11 is 8.01. The first kappa shape index (κ1) is 39.9. The van der Waals surface area contributed by atoms with Gasteiger partial charge in [-0.1, -0.05) is 0 Å². The van der Waals surface area contributed by atoms with Crippen LogP contribution >= 0.6 is 25.3 Å². The number of esters is 2. The first-order valence-corrected chi connectivity index (χ1v) is 18.7. The van der Waals surface area contributed by atoms with Crippen molar-refractivity contribution in [2.45, 2.75) is 101 Å². The molecule has 9 heteroatoms. The SMILES string of the molecule is CCC[CH2][Sn][CH2]CCC.CCOCCCCOC(=O)CCS.CCOCCCCOC(=O)CCS. The Balaban J connectivity index is -0.000000448. The van der Waals surface area contributed by atoms with Crippen LogP contribution in [0.1, 0.15) is 91.9 Å². The fourth-order valence-electron chi connectivity index (χ4n) is 2.33. The Bertz CT molecular complexity index is 381. The predicted octanol–water partition coefficient (Wildman–Crippen LogP) is 6.46. The molecular weight excluding hydrogens is 591 g/mol. The van der Waals surface area contributed by atoms with Crippen LogP contribution in [-0.4, -0.2) is 84.2 Å². The monoisotopic (exact) mass is 646 g/mol. The van der Waals surface area contributed by atoms with Crippen LogP contribution in [0.2, 0.25) is 8.87 Å². The molecule has 0 unspecified atom stereocenters. The average molecular weight is 646 g/mol. The predicted molar refractivity (Wildman–Crippen MR) is 155 cm³/mol. The van der Waals surface area contributed by atoms with Gasteiger partial charge in [-0.3, -0.25) is 9.59 Å². The summed E-state index contributed by atoms with van der Waals surface area (Å²) in [5.74, 6) is 0.785. The third-order valence-electron chi connectivity index (χ3n) is 4.35. The van der Waals surface area contributed by atoms with Crippen molar-refractivity contribution in [1.29, 1.82) is 0 Å². The first-order chi connectivity index (χ1) is 17.0. The van der Waals surface area contributed by atoms with Gasteiger partial charge >= 0.3 is 81.5 Å². The normalized spacial score (nSPS) is 10.0. The molecule has 0 aliphatic heterocycles. The molecule has 0 bridgehead atoms. The van der Waals surface area contributed by atoms with Gasteiger partial charge in [-0.05, 0) is 39.5 Å². The Hall–Kier alpha value is 0.359. The summed E-state index contributed by atoms with van der Waals surface area (Å²) in [4.78, 5) is 21.7. The van der Waals surface area contributed by atoms with Crippen LogP contribution in [0.3, 0.4) is 0 Å². The van der Waals surface area contributed by atoms with E-state index in [0.717, 1.165) is 52.1 Å². The number of ether oxygens (including phenoxy) is 4. The second-order valence-corrected chi connectivity index (χ2v) is 12.8. The van der Waals surface area contributed by atoms with E-state index in [1.807, 2.05) is 13.8 Å². The van der Waals surface area contributed by atoms with Gasteiger partial charge in [0.25, 0.3) is 0 Å². The molecule has 6 nitrogen and oxygen atoms in total. The van der Waals surface area contributed by atoms with Crippen molar-refractivity contribution < 1.29 is 28.5 Å². The summed E-state index contributed by atoms with van der Waals surface area (Å²) in [7, 11) is 0. The van der Waals surface area contributed by atoms with Crippen LogP contribution in [0.5, 0.6) is 0 Å². The molecule has 0 amide bonds. The zero-order valence-corrected chi connectivity index (χ0v) is 27.6. The van der Waals surface area contributed by atoms with Crippen molar-refractivity contribution in [3.05, 3.63) is 0 Å². The van der Waals surface area contributed by atoms with E-state index in [9.17, 15) is 9.59 Å². The van der Waals surface area contributed by atoms with Gasteiger partial charge in [-0.2, -0.15) is 25.3 Å². The summed E-state index contributed by atoms with van der Waals surface area (Å²) in [5.41, 5.74) is 0. The zero-order chi connectivity index (χ0) is 26.8. The molecular formula is C26H54O6S2Sn. The van der Waals surface area contributed by atoms with Crippen LogP contribution in [0.15, 0.2) is 0 Å². The molecule has 0 N–H and O–H groups in total. The van der Waals surface area contributed by atoms with E-state index in [4.69, 9.17) is 18.9 Å². The van der Waals surface area contributed by atoms with Gasteiger partial charge in [0, 0.05) is 37.9 Å². The molecule has 0 heterocycles. The average Bonchev–Trinajstić information content (AvgIpc) is 2.85. The van der Waals surface area contributed by atoms with Crippen LogP contribution in [0.4, 0.5) is 0 Å². The second kappa shape index (κ2) is 38.9. The standard InChI is InChI=1S/2C9H18O3S.2C4H9.Sn/c2*1-2-11-6-3-4-7-12-9(10)5-8-13;2*1-3-4-2;/h2*13H,2-8H2,1H3;2*1,3-4H2,2H3;. The quantitative estimate of drug-likeness (QED) is 0.0610. The Morgan fingerprint density at radius 1 is 0.600 bits per heavy atom. The van der Waals surface area contributed by atoms with Crippen LogP contribution in [0, 0.1) is 0 Å². The van der Waals surface area contributed by atoms with Crippen LogP contribution < -0.4 is 0 Å². The minimum absolute atomic E-state index is 0.149. The Morgan fingerprint density at radius 2 is 0.971 bits per heavy atom. The summed E-state index contributed by atoms with van der Waals surface area (Å²) < 4.78 is 23.4. The number of rotatable bonds is 22. The number of hydrogen-bond donors (Lipinski definition) is 2. The van der Waals surface area contributed by atoms with Crippen molar-refractivity contribution in [2.75, 3.05) is 51.1 Å². The van der Waals surface area contributed by atoms with E-state index in [1.54, 1.807) is 8.87 Å². The van der Waals surface area contributed by atoms with Crippen molar-refractivity contribution >= 4 is 58.3 Å². The number of carbonyl (C=O) groups excluding carboxylic acids is 2. The van der Waals surface area contributed by atoms with Gasteiger partial charge < -0.3 is 18.9 Å². The Labute approximate surface area is 237 Å². The largest absolute Gasteiger partial charge is 0.466 e. The molecule has 0 aliphatic rings. The maximum absolute atomic E-state index is 10.8. The number of hydrogen-bond acceptors (Lipinski definition) is 8. The molecule has 210 valence electrons. The molecule has 0 saturated carbocycles. The zero-order valence-electron chi connectivity index (χ0n) is 23.0. The van der Waals surface area contributed by atoms with E-state index >= 15 is 0 Å². The third kappa shape index (κ3) is 44.7. The number of carbonyl (C=O) groups is 2. The summed E-state index contributed by atoms with van der Waals surface area (Å²) in [6.07, 6.45) is 10.3. The van der Waals surface area contributed by atoms with Gasteiger partial charge in [0.15, 0.2) is 0 Å². The minimum atomic E-state index is -0.161. The topological polar surface area (TPSA) is 71.1 Å².